The maximum atomic E-state index is 12.4. The molecule has 1 N–H and O–H groups in total. The van der Waals surface area contributed by atoms with Crippen molar-refractivity contribution in [2.45, 2.75) is 13.0 Å². The lowest BCUT2D eigenvalue weighted by Crippen LogP contribution is -2.32. The summed E-state index contributed by atoms with van der Waals surface area (Å²) in [5.41, 5.74) is 1.48. The highest BCUT2D eigenvalue weighted by molar-refractivity contribution is 7.13. The first-order valence-electron chi connectivity index (χ1n) is 8.33. The Morgan fingerprint density at radius 1 is 1.27 bits per heavy atom. The molecule has 1 atom stereocenters. The molecule has 0 saturated carbocycles. The van der Waals surface area contributed by atoms with Crippen LogP contribution in [0.5, 0.6) is 0 Å². The minimum absolute atomic E-state index is 0.0298. The number of aromatic nitrogens is 1. The van der Waals surface area contributed by atoms with Crippen molar-refractivity contribution in [3.63, 3.8) is 0 Å². The van der Waals surface area contributed by atoms with E-state index in [1.807, 2.05) is 53.9 Å². The van der Waals surface area contributed by atoms with Crippen LogP contribution < -0.4 is 10.2 Å². The van der Waals surface area contributed by atoms with E-state index in [4.69, 9.17) is 4.52 Å². The van der Waals surface area contributed by atoms with Crippen LogP contribution in [-0.2, 0) is 16.1 Å². The molecule has 1 saturated heterocycles. The van der Waals surface area contributed by atoms with Gasteiger partial charge < -0.3 is 14.7 Å². The van der Waals surface area contributed by atoms with E-state index < -0.39 is 0 Å². The van der Waals surface area contributed by atoms with Crippen LogP contribution in [0, 0.1) is 5.92 Å². The quantitative estimate of drug-likeness (QED) is 0.752. The van der Waals surface area contributed by atoms with Gasteiger partial charge in [0.25, 0.3) is 0 Å². The Hall–Kier alpha value is -2.93. The lowest BCUT2D eigenvalue weighted by atomic mass is 10.1. The molecule has 3 aromatic rings. The maximum absolute atomic E-state index is 12.4. The number of benzene rings is 1. The smallest absolute Gasteiger partial charge is 0.227 e. The molecule has 1 aromatic carbocycles. The van der Waals surface area contributed by atoms with E-state index in [9.17, 15) is 9.59 Å². The van der Waals surface area contributed by atoms with Crippen molar-refractivity contribution in [2.75, 3.05) is 11.4 Å². The van der Waals surface area contributed by atoms with Gasteiger partial charge in [-0.05, 0) is 23.6 Å². The topological polar surface area (TPSA) is 75.4 Å². The largest absolute Gasteiger partial charge is 0.355 e. The Morgan fingerprint density at radius 3 is 2.88 bits per heavy atom. The van der Waals surface area contributed by atoms with Gasteiger partial charge >= 0.3 is 0 Å². The number of amides is 2. The fourth-order valence-corrected chi connectivity index (χ4v) is 3.67. The van der Waals surface area contributed by atoms with Gasteiger partial charge in [-0.3, -0.25) is 9.59 Å². The summed E-state index contributed by atoms with van der Waals surface area (Å²) in [6.07, 6.45) is 0.222. The van der Waals surface area contributed by atoms with E-state index in [0.717, 1.165) is 10.6 Å². The summed E-state index contributed by atoms with van der Waals surface area (Å²) in [6.45, 7) is 0.678. The lowest BCUT2D eigenvalue weighted by molar-refractivity contribution is -0.126. The second-order valence-electron chi connectivity index (χ2n) is 6.12. The third-order valence-corrected chi connectivity index (χ3v) is 5.21. The molecular weight excluding hydrogens is 350 g/mol. The Labute approximate surface area is 154 Å². The molecule has 6 nitrogen and oxygen atoms in total. The highest BCUT2D eigenvalue weighted by atomic mass is 32.1. The number of rotatable bonds is 5. The Balaban J connectivity index is 1.35. The number of hydrogen-bond acceptors (Lipinski definition) is 5. The number of thiophene rings is 1. The van der Waals surface area contributed by atoms with Gasteiger partial charge in [-0.15, -0.1) is 11.3 Å². The van der Waals surface area contributed by atoms with Gasteiger partial charge in [0.1, 0.15) is 5.69 Å². The molecule has 0 radical (unpaired) electrons. The van der Waals surface area contributed by atoms with Gasteiger partial charge in [0.05, 0.1) is 17.3 Å². The summed E-state index contributed by atoms with van der Waals surface area (Å²) < 4.78 is 5.31. The highest BCUT2D eigenvalue weighted by Gasteiger charge is 2.34. The predicted molar refractivity (Wildman–Crippen MR) is 98.6 cm³/mol. The molecule has 1 aliphatic rings. The standard InChI is InChI=1S/C19H17N3O3S/c23-18-9-13(12-22(18)15-5-2-1-3-6-15)19(24)20-11-14-10-16(25-21-14)17-7-4-8-26-17/h1-8,10,13H,9,11-12H2,(H,20,24). The van der Waals surface area contributed by atoms with E-state index in [0.29, 0.717) is 18.0 Å². The molecule has 1 fully saturated rings. The molecule has 2 aromatic heterocycles. The number of nitrogens with zero attached hydrogens (tertiary/aromatic N) is 2. The second-order valence-corrected chi connectivity index (χ2v) is 7.07. The third kappa shape index (κ3) is 3.39. The number of anilines is 1. The van der Waals surface area contributed by atoms with Gasteiger partial charge in [0.2, 0.25) is 11.8 Å². The minimum Gasteiger partial charge on any atom is -0.355 e. The molecule has 0 spiro atoms. The van der Waals surface area contributed by atoms with E-state index in [2.05, 4.69) is 10.5 Å². The van der Waals surface area contributed by atoms with Crippen molar-refractivity contribution in [1.82, 2.24) is 10.5 Å². The van der Waals surface area contributed by atoms with E-state index in [1.165, 1.54) is 0 Å². The van der Waals surface area contributed by atoms with Gasteiger partial charge in [0.15, 0.2) is 5.76 Å². The zero-order chi connectivity index (χ0) is 17.9. The molecule has 132 valence electrons. The zero-order valence-electron chi connectivity index (χ0n) is 13.9. The Bertz CT molecular complexity index is 905. The van der Waals surface area contributed by atoms with Gasteiger partial charge in [-0.2, -0.15) is 0 Å². The van der Waals surface area contributed by atoms with Crippen LogP contribution in [0.3, 0.4) is 0 Å². The Kier molecular flexibility index (Phi) is 4.53. The van der Waals surface area contributed by atoms with Crippen molar-refractivity contribution < 1.29 is 14.1 Å². The van der Waals surface area contributed by atoms with Crippen LogP contribution in [0.1, 0.15) is 12.1 Å². The van der Waals surface area contributed by atoms with Gasteiger partial charge in [-0.25, -0.2) is 0 Å². The van der Waals surface area contributed by atoms with Crippen LogP contribution in [-0.4, -0.2) is 23.5 Å². The SMILES string of the molecule is O=C(NCc1cc(-c2cccs2)on1)C1CC(=O)N(c2ccccc2)C1. The summed E-state index contributed by atoms with van der Waals surface area (Å²) >= 11 is 1.57. The van der Waals surface area contributed by atoms with Crippen molar-refractivity contribution in [3.05, 3.63) is 59.6 Å². The van der Waals surface area contributed by atoms with Crippen LogP contribution in [0.2, 0.25) is 0 Å². The summed E-state index contributed by atoms with van der Waals surface area (Å²) in [5.74, 6) is 0.164. The first kappa shape index (κ1) is 16.5. The summed E-state index contributed by atoms with van der Waals surface area (Å²) in [7, 11) is 0. The fraction of sp³-hybridized carbons (Fsp3) is 0.211. The minimum atomic E-state index is -0.355. The number of carbonyl (C=O) groups is 2. The van der Waals surface area contributed by atoms with Crippen LogP contribution in [0.25, 0.3) is 10.6 Å². The molecule has 0 aliphatic carbocycles. The molecule has 26 heavy (non-hydrogen) atoms. The summed E-state index contributed by atoms with van der Waals surface area (Å²) in [5, 5.41) is 8.81. The van der Waals surface area contributed by atoms with E-state index >= 15 is 0 Å². The van der Waals surface area contributed by atoms with Crippen LogP contribution in [0.15, 0.2) is 58.4 Å². The van der Waals surface area contributed by atoms with Crippen LogP contribution >= 0.6 is 11.3 Å². The predicted octanol–water partition coefficient (Wildman–Crippen LogP) is 3.07. The van der Waals surface area contributed by atoms with E-state index in [1.54, 1.807) is 16.2 Å². The average Bonchev–Trinajstić information content (AvgIpc) is 3.40. The molecule has 0 bridgehead atoms. The number of carbonyl (C=O) groups excluding carboxylic acids is 2. The molecular formula is C19H17N3O3S. The number of nitrogens with one attached hydrogen (secondary N) is 1. The first-order chi connectivity index (χ1) is 12.7. The van der Waals surface area contributed by atoms with E-state index in [-0.39, 0.29) is 30.7 Å². The van der Waals surface area contributed by atoms with Gasteiger partial charge in [0, 0.05) is 24.7 Å². The molecule has 2 amide bonds. The second kappa shape index (κ2) is 7.13. The third-order valence-electron chi connectivity index (χ3n) is 4.33. The lowest BCUT2D eigenvalue weighted by Gasteiger charge is -2.16. The van der Waals surface area contributed by atoms with Gasteiger partial charge in [-0.1, -0.05) is 29.4 Å². The van der Waals surface area contributed by atoms with Crippen molar-refractivity contribution in [1.29, 1.82) is 0 Å². The van der Waals surface area contributed by atoms with Crippen molar-refractivity contribution in [3.8, 4) is 10.6 Å². The average molecular weight is 367 g/mol. The molecule has 3 heterocycles. The Morgan fingerprint density at radius 2 is 2.12 bits per heavy atom. The zero-order valence-corrected chi connectivity index (χ0v) is 14.7. The number of hydrogen-bond donors (Lipinski definition) is 1. The van der Waals surface area contributed by atoms with Crippen molar-refractivity contribution >= 4 is 28.8 Å². The summed E-state index contributed by atoms with van der Waals surface area (Å²) in [6, 6.07) is 15.1. The normalized spacial score (nSPS) is 16.8. The molecule has 1 aliphatic heterocycles. The van der Waals surface area contributed by atoms with Crippen molar-refractivity contribution in [2.24, 2.45) is 5.92 Å². The first-order valence-corrected chi connectivity index (χ1v) is 9.21. The number of para-hydroxylation sites is 1. The monoisotopic (exact) mass is 367 g/mol. The molecule has 7 heteroatoms. The highest BCUT2D eigenvalue weighted by Crippen LogP contribution is 2.26. The fourth-order valence-electron chi connectivity index (χ4n) is 2.99. The maximum Gasteiger partial charge on any atom is 0.227 e. The van der Waals surface area contributed by atoms with Crippen LogP contribution in [0.4, 0.5) is 5.69 Å². The molecule has 1 unspecified atom stereocenters. The summed E-state index contributed by atoms with van der Waals surface area (Å²) in [4.78, 5) is 27.3. The molecule has 4 rings (SSSR count).